The van der Waals surface area contributed by atoms with Crippen molar-refractivity contribution in [2.75, 3.05) is 32.8 Å². The zero-order valence-corrected chi connectivity index (χ0v) is 16.9. The van der Waals surface area contributed by atoms with Crippen LogP contribution < -0.4 is 10.1 Å². The van der Waals surface area contributed by atoms with E-state index in [1.165, 1.54) is 12.1 Å². The summed E-state index contributed by atoms with van der Waals surface area (Å²) in [6.07, 6.45) is 3.79. The van der Waals surface area contributed by atoms with Gasteiger partial charge in [-0.05, 0) is 30.7 Å². The molecule has 1 aliphatic rings. The van der Waals surface area contributed by atoms with Gasteiger partial charge < -0.3 is 15.0 Å². The van der Waals surface area contributed by atoms with Gasteiger partial charge in [0.15, 0.2) is 0 Å². The predicted molar refractivity (Wildman–Crippen MR) is 106 cm³/mol. The van der Waals surface area contributed by atoms with E-state index in [1.807, 2.05) is 6.92 Å². The average Bonchev–Trinajstić information content (AvgIpc) is 2.71. The van der Waals surface area contributed by atoms with Gasteiger partial charge in [-0.15, -0.1) is 0 Å². The molecule has 0 spiro atoms. The van der Waals surface area contributed by atoms with E-state index in [-0.39, 0.29) is 30.3 Å². The number of halogens is 3. The molecule has 0 saturated carbocycles. The lowest BCUT2D eigenvalue weighted by Gasteiger charge is -2.36. The fraction of sp³-hybridized carbons (Fsp3) is 0.450. The molecule has 156 valence electrons. The van der Waals surface area contributed by atoms with Crippen LogP contribution in [-0.4, -0.2) is 59.2 Å². The van der Waals surface area contributed by atoms with Crippen molar-refractivity contribution in [1.82, 2.24) is 20.2 Å². The molecular formula is C20H23ClF2N4O2. The normalized spacial score (nSPS) is 15.9. The summed E-state index contributed by atoms with van der Waals surface area (Å²) < 4.78 is 33.7. The van der Waals surface area contributed by atoms with E-state index in [1.54, 1.807) is 17.3 Å². The molecule has 2 heterocycles. The van der Waals surface area contributed by atoms with E-state index in [9.17, 15) is 13.6 Å². The van der Waals surface area contributed by atoms with Crippen molar-refractivity contribution in [3.8, 4) is 6.01 Å². The number of ether oxygens (including phenoxy) is 1. The van der Waals surface area contributed by atoms with E-state index in [0.29, 0.717) is 37.8 Å². The summed E-state index contributed by atoms with van der Waals surface area (Å²) in [5.74, 6) is -0.845. The quantitative estimate of drug-likeness (QED) is 0.691. The highest BCUT2D eigenvalue weighted by atomic mass is 35.5. The lowest BCUT2D eigenvalue weighted by molar-refractivity contribution is 0.0433. The van der Waals surface area contributed by atoms with Crippen LogP contribution in [0.3, 0.4) is 0 Å². The van der Waals surface area contributed by atoms with Gasteiger partial charge in [0.25, 0.3) is 5.91 Å². The van der Waals surface area contributed by atoms with Crippen LogP contribution in [0.2, 0.25) is 5.02 Å². The second-order valence-corrected chi connectivity index (χ2v) is 7.55. The maximum atomic E-state index is 15.0. The number of hydrogen-bond donors (Lipinski definition) is 1. The first-order valence-electron chi connectivity index (χ1n) is 9.42. The van der Waals surface area contributed by atoms with Crippen molar-refractivity contribution in [3.63, 3.8) is 0 Å². The summed E-state index contributed by atoms with van der Waals surface area (Å²) >= 11 is 5.74. The van der Waals surface area contributed by atoms with E-state index in [4.69, 9.17) is 16.3 Å². The van der Waals surface area contributed by atoms with Gasteiger partial charge in [-0.3, -0.25) is 4.79 Å². The molecule has 0 atom stereocenters. The standard InChI is InChI=1S/C20H23ClF2N4O2/c1-14-11-25-19(26-12-14)29-9-6-24-13-20(23)4-7-27(8-5-20)18(28)15-2-3-17(22)16(21)10-15/h2-3,10-12,24H,4-9,13H2,1H3. The number of piperidine rings is 1. The Balaban J connectivity index is 1.40. The highest BCUT2D eigenvalue weighted by Gasteiger charge is 2.35. The van der Waals surface area contributed by atoms with Gasteiger partial charge in [0, 0.05) is 57.0 Å². The molecule has 1 saturated heterocycles. The van der Waals surface area contributed by atoms with Gasteiger partial charge in [-0.2, -0.15) is 0 Å². The average molecular weight is 425 g/mol. The molecule has 9 heteroatoms. The molecule has 1 aromatic carbocycles. The molecular weight excluding hydrogens is 402 g/mol. The second kappa shape index (κ2) is 9.45. The van der Waals surface area contributed by atoms with Gasteiger partial charge in [-0.25, -0.2) is 18.7 Å². The molecule has 0 radical (unpaired) electrons. The molecule has 6 nitrogen and oxygen atoms in total. The highest BCUT2D eigenvalue weighted by molar-refractivity contribution is 6.31. The van der Waals surface area contributed by atoms with Gasteiger partial charge in [0.05, 0.1) is 5.02 Å². The Morgan fingerprint density at radius 1 is 1.31 bits per heavy atom. The van der Waals surface area contributed by atoms with Crippen molar-refractivity contribution in [2.24, 2.45) is 0 Å². The number of hydrogen-bond acceptors (Lipinski definition) is 5. The van der Waals surface area contributed by atoms with Crippen molar-refractivity contribution in [3.05, 3.63) is 52.6 Å². The Labute approximate surface area is 173 Å². The van der Waals surface area contributed by atoms with Crippen molar-refractivity contribution >= 4 is 17.5 Å². The van der Waals surface area contributed by atoms with Crippen LogP contribution in [0.15, 0.2) is 30.6 Å². The van der Waals surface area contributed by atoms with E-state index in [2.05, 4.69) is 15.3 Å². The number of aryl methyl sites for hydroxylation is 1. The third-order valence-corrected chi connectivity index (χ3v) is 5.11. The van der Waals surface area contributed by atoms with Gasteiger partial charge in [0.2, 0.25) is 0 Å². The maximum absolute atomic E-state index is 15.0. The fourth-order valence-corrected chi connectivity index (χ4v) is 3.26. The minimum Gasteiger partial charge on any atom is -0.462 e. The first-order chi connectivity index (χ1) is 13.9. The first kappa shape index (κ1) is 21.4. The number of nitrogens with one attached hydrogen (secondary N) is 1. The van der Waals surface area contributed by atoms with E-state index in [0.717, 1.165) is 11.6 Å². The lowest BCUT2D eigenvalue weighted by atomic mass is 9.93. The highest BCUT2D eigenvalue weighted by Crippen LogP contribution is 2.27. The van der Waals surface area contributed by atoms with Crippen LogP contribution >= 0.6 is 11.6 Å². The summed E-state index contributed by atoms with van der Waals surface area (Å²) in [6, 6.07) is 4.14. The number of rotatable bonds is 7. The monoisotopic (exact) mass is 424 g/mol. The number of alkyl halides is 1. The van der Waals surface area contributed by atoms with Crippen molar-refractivity contribution in [2.45, 2.75) is 25.4 Å². The lowest BCUT2D eigenvalue weighted by Crippen LogP contribution is -2.49. The van der Waals surface area contributed by atoms with Crippen LogP contribution in [0.1, 0.15) is 28.8 Å². The zero-order chi connectivity index (χ0) is 20.9. The third kappa shape index (κ3) is 5.83. The van der Waals surface area contributed by atoms with Crippen molar-refractivity contribution in [1.29, 1.82) is 0 Å². The Kier molecular flexibility index (Phi) is 6.97. The SMILES string of the molecule is Cc1cnc(OCCNCC2(F)CCN(C(=O)c3ccc(F)c(Cl)c3)CC2)nc1. The summed E-state index contributed by atoms with van der Waals surface area (Å²) in [5, 5.41) is 2.95. The van der Waals surface area contributed by atoms with Crippen LogP contribution in [-0.2, 0) is 0 Å². The summed E-state index contributed by atoms with van der Waals surface area (Å²) in [4.78, 5) is 22.2. The summed E-state index contributed by atoms with van der Waals surface area (Å²) in [7, 11) is 0. The maximum Gasteiger partial charge on any atom is 0.316 e. The molecule has 1 aromatic heterocycles. The molecule has 0 bridgehead atoms. The van der Waals surface area contributed by atoms with Gasteiger partial charge in [-0.1, -0.05) is 11.6 Å². The molecule has 0 unspecified atom stereocenters. The minimum atomic E-state index is -1.39. The van der Waals surface area contributed by atoms with Gasteiger partial charge >= 0.3 is 6.01 Å². The molecule has 29 heavy (non-hydrogen) atoms. The van der Waals surface area contributed by atoms with Crippen LogP contribution in [0.5, 0.6) is 6.01 Å². The topological polar surface area (TPSA) is 67.3 Å². The Morgan fingerprint density at radius 3 is 2.66 bits per heavy atom. The van der Waals surface area contributed by atoms with Gasteiger partial charge in [0.1, 0.15) is 18.1 Å². The molecule has 1 fully saturated rings. The Hall–Kier alpha value is -2.32. The molecule has 2 aromatic rings. The molecule has 0 aliphatic carbocycles. The molecule has 1 N–H and O–H groups in total. The Morgan fingerprint density at radius 2 is 2.00 bits per heavy atom. The number of benzene rings is 1. The Bertz CT molecular complexity index is 843. The molecule has 1 aliphatic heterocycles. The van der Waals surface area contributed by atoms with Crippen molar-refractivity contribution < 1.29 is 18.3 Å². The minimum absolute atomic E-state index is 0.102. The molecule has 1 amide bonds. The number of aromatic nitrogens is 2. The smallest absolute Gasteiger partial charge is 0.316 e. The first-order valence-corrected chi connectivity index (χ1v) is 9.79. The second-order valence-electron chi connectivity index (χ2n) is 7.14. The van der Waals surface area contributed by atoms with Crippen LogP contribution in [0.25, 0.3) is 0 Å². The number of likely N-dealkylation sites (tertiary alicyclic amines) is 1. The number of carbonyl (C=O) groups is 1. The zero-order valence-electron chi connectivity index (χ0n) is 16.1. The van der Waals surface area contributed by atoms with Crippen LogP contribution in [0.4, 0.5) is 8.78 Å². The fourth-order valence-electron chi connectivity index (χ4n) is 3.08. The van der Waals surface area contributed by atoms with E-state index < -0.39 is 11.5 Å². The summed E-state index contributed by atoms with van der Waals surface area (Å²) in [5.41, 5.74) is -0.143. The number of nitrogens with zero attached hydrogens (tertiary/aromatic N) is 3. The third-order valence-electron chi connectivity index (χ3n) is 4.82. The molecule has 3 rings (SSSR count). The number of carbonyl (C=O) groups excluding carboxylic acids is 1. The van der Waals surface area contributed by atoms with E-state index >= 15 is 0 Å². The summed E-state index contributed by atoms with van der Waals surface area (Å²) in [6.45, 7) is 3.43. The predicted octanol–water partition coefficient (Wildman–Crippen LogP) is 3.19. The number of amides is 1. The van der Waals surface area contributed by atoms with Crippen LogP contribution in [0, 0.1) is 12.7 Å². The largest absolute Gasteiger partial charge is 0.462 e.